The number of aromatic nitrogens is 3. The summed E-state index contributed by atoms with van der Waals surface area (Å²) in [5, 5.41) is 0. The zero-order valence-electron chi connectivity index (χ0n) is 12.2. The summed E-state index contributed by atoms with van der Waals surface area (Å²) in [6.45, 7) is 8.65. The number of hydrogen-bond acceptors (Lipinski definition) is 6. The van der Waals surface area contributed by atoms with Crippen molar-refractivity contribution in [3.63, 3.8) is 0 Å². The van der Waals surface area contributed by atoms with Crippen molar-refractivity contribution in [3.8, 4) is 0 Å². The van der Waals surface area contributed by atoms with Crippen LogP contribution in [0.4, 0.5) is 5.82 Å². The Hall–Kier alpha value is -1.69. The maximum atomic E-state index is 5.83. The van der Waals surface area contributed by atoms with E-state index in [1.165, 1.54) is 6.33 Å². The van der Waals surface area contributed by atoms with E-state index < -0.39 is 0 Å². The Morgan fingerprint density at radius 3 is 3.05 bits per heavy atom. The molecular formula is C14H20N4O2. The summed E-state index contributed by atoms with van der Waals surface area (Å²) in [6, 6.07) is 0. The quantitative estimate of drug-likeness (QED) is 0.856. The van der Waals surface area contributed by atoms with Crippen LogP contribution in [0.2, 0.25) is 0 Å². The van der Waals surface area contributed by atoms with E-state index in [0.29, 0.717) is 17.5 Å². The van der Waals surface area contributed by atoms with Gasteiger partial charge in [-0.15, -0.1) is 0 Å². The van der Waals surface area contributed by atoms with E-state index in [0.717, 1.165) is 37.5 Å². The van der Waals surface area contributed by atoms with E-state index in [1.807, 2.05) is 6.92 Å². The number of anilines is 1. The van der Waals surface area contributed by atoms with Crippen LogP contribution < -0.4 is 4.90 Å². The lowest BCUT2D eigenvalue weighted by molar-refractivity contribution is 0.0274. The summed E-state index contributed by atoms with van der Waals surface area (Å²) in [5.41, 5.74) is 1.30. The van der Waals surface area contributed by atoms with Crippen LogP contribution in [0.3, 0.4) is 0 Å². The predicted molar refractivity (Wildman–Crippen MR) is 75.7 cm³/mol. The van der Waals surface area contributed by atoms with E-state index in [2.05, 4.69) is 33.7 Å². The van der Waals surface area contributed by atoms with Gasteiger partial charge < -0.3 is 14.1 Å². The van der Waals surface area contributed by atoms with E-state index >= 15 is 0 Å². The Morgan fingerprint density at radius 2 is 2.25 bits per heavy atom. The molecule has 6 nitrogen and oxygen atoms in total. The highest BCUT2D eigenvalue weighted by molar-refractivity contribution is 5.81. The Morgan fingerprint density at radius 1 is 1.40 bits per heavy atom. The van der Waals surface area contributed by atoms with Crippen molar-refractivity contribution in [3.05, 3.63) is 12.2 Å². The average molecular weight is 276 g/mol. The van der Waals surface area contributed by atoms with E-state index in [9.17, 15) is 0 Å². The number of rotatable bonds is 3. The summed E-state index contributed by atoms with van der Waals surface area (Å²) >= 11 is 0. The third-order valence-corrected chi connectivity index (χ3v) is 3.46. The average Bonchev–Trinajstić information content (AvgIpc) is 2.78. The van der Waals surface area contributed by atoms with Crippen LogP contribution in [0.1, 0.15) is 26.2 Å². The first kappa shape index (κ1) is 13.3. The smallest absolute Gasteiger partial charge is 0.252 e. The predicted octanol–water partition coefficient (Wildman–Crippen LogP) is 2.18. The highest BCUT2D eigenvalue weighted by atomic mass is 16.5. The van der Waals surface area contributed by atoms with Gasteiger partial charge in [-0.3, -0.25) is 0 Å². The molecule has 1 aliphatic rings. The van der Waals surface area contributed by atoms with Gasteiger partial charge in [0.1, 0.15) is 6.33 Å². The lowest BCUT2D eigenvalue weighted by Crippen LogP contribution is -2.43. The van der Waals surface area contributed by atoms with E-state index in [4.69, 9.17) is 9.15 Å². The van der Waals surface area contributed by atoms with E-state index in [1.54, 1.807) is 0 Å². The molecule has 0 bridgehead atoms. The number of oxazole rings is 1. The van der Waals surface area contributed by atoms with Gasteiger partial charge in [-0.2, -0.15) is 4.98 Å². The van der Waals surface area contributed by atoms with Gasteiger partial charge in [-0.05, 0) is 12.3 Å². The minimum absolute atomic E-state index is 0.252. The normalized spacial score (nSPS) is 20.0. The molecule has 1 saturated heterocycles. The molecule has 2 aromatic heterocycles. The second-order valence-corrected chi connectivity index (χ2v) is 5.65. The molecule has 2 aromatic rings. The Kier molecular flexibility index (Phi) is 3.56. The van der Waals surface area contributed by atoms with Crippen LogP contribution >= 0.6 is 0 Å². The molecule has 6 heteroatoms. The van der Waals surface area contributed by atoms with Crippen molar-refractivity contribution in [2.24, 2.45) is 5.92 Å². The van der Waals surface area contributed by atoms with Gasteiger partial charge >= 0.3 is 0 Å². The first-order valence-electron chi connectivity index (χ1n) is 7.08. The number of ether oxygens (including phenoxy) is 1. The fourth-order valence-electron chi connectivity index (χ4n) is 2.66. The summed E-state index contributed by atoms with van der Waals surface area (Å²) in [4.78, 5) is 15.1. The SMILES string of the molecule is Cc1nc2c(N3CCOC(CC(C)C)C3)ncnc2o1. The summed E-state index contributed by atoms with van der Waals surface area (Å²) < 4.78 is 11.3. The molecule has 0 spiro atoms. The summed E-state index contributed by atoms with van der Waals surface area (Å²) in [5.74, 6) is 2.09. The van der Waals surface area contributed by atoms with Crippen molar-refractivity contribution < 1.29 is 9.15 Å². The molecule has 0 aromatic carbocycles. The molecule has 0 radical (unpaired) electrons. The van der Waals surface area contributed by atoms with Crippen molar-refractivity contribution in [1.29, 1.82) is 0 Å². The van der Waals surface area contributed by atoms with Crippen LogP contribution in [0, 0.1) is 12.8 Å². The third kappa shape index (κ3) is 2.60. The van der Waals surface area contributed by atoms with Crippen LogP contribution in [-0.4, -0.2) is 40.8 Å². The molecule has 1 atom stereocenters. The topological polar surface area (TPSA) is 64.3 Å². The molecule has 108 valence electrons. The van der Waals surface area contributed by atoms with Crippen molar-refractivity contribution in [1.82, 2.24) is 15.0 Å². The number of nitrogens with zero attached hydrogens (tertiary/aromatic N) is 4. The molecule has 0 N–H and O–H groups in total. The zero-order valence-corrected chi connectivity index (χ0v) is 12.2. The molecule has 3 rings (SSSR count). The van der Waals surface area contributed by atoms with Gasteiger partial charge in [-0.1, -0.05) is 13.8 Å². The van der Waals surface area contributed by atoms with Crippen molar-refractivity contribution in [2.45, 2.75) is 33.3 Å². The molecule has 1 aliphatic heterocycles. The third-order valence-electron chi connectivity index (χ3n) is 3.46. The molecule has 1 fully saturated rings. The Bertz CT molecular complexity index is 596. The maximum Gasteiger partial charge on any atom is 0.252 e. The summed E-state index contributed by atoms with van der Waals surface area (Å²) in [7, 11) is 0. The van der Waals surface area contributed by atoms with Crippen LogP contribution in [0.15, 0.2) is 10.7 Å². The molecule has 1 unspecified atom stereocenters. The second kappa shape index (κ2) is 5.36. The Balaban J connectivity index is 1.86. The second-order valence-electron chi connectivity index (χ2n) is 5.65. The molecule has 3 heterocycles. The van der Waals surface area contributed by atoms with Crippen molar-refractivity contribution >= 4 is 17.0 Å². The van der Waals surface area contributed by atoms with Gasteiger partial charge in [0.25, 0.3) is 5.71 Å². The maximum absolute atomic E-state index is 5.83. The molecule has 0 aliphatic carbocycles. The number of morpholine rings is 1. The summed E-state index contributed by atoms with van der Waals surface area (Å²) in [6.07, 6.45) is 2.85. The van der Waals surface area contributed by atoms with Gasteiger partial charge in [-0.25, -0.2) is 9.97 Å². The van der Waals surface area contributed by atoms with Crippen LogP contribution in [-0.2, 0) is 4.74 Å². The molecular weight excluding hydrogens is 256 g/mol. The fourth-order valence-corrected chi connectivity index (χ4v) is 2.66. The van der Waals surface area contributed by atoms with Crippen molar-refractivity contribution in [2.75, 3.05) is 24.6 Å². The van der Waals surface area contributed by atoms with Crippen LogP contribution in [0.25, 0.3) is 11.2 Å². The Labute approximate surface area is 118 Å². The first-order valence-corrected chi connectivity index (χ1v) is 7.08. The minimum atomic E-state index is 0.252. The lowest BCUT2D eigenvalue weighted by atomic mass is 10.0. The van der Waals surface area contributed by atoms with Gasteiger partial charge in [0.2, 0.25) is 0 Å². The standard InChI is InChI=1S/C14H20N4O2/c1-9(2)6-11-7-18(4-5-19-11)13-12-14(16-8-15-13)20-10(3)17-12/h8-9,11H,4-7H2,1-3H3. The van der Waals surface area contributed by atoms with Gasteiger partial charge in [0.05, 0.1) is 12.7 Å². The zero-order chi connectivity index (χ0) is 14.1. The molecule has 0 amide bonds. The number of aryl methyl sites for hydroxylation is 1. The van der Waals surface area contributed by atoms with E-state index in [-0.39, 0.29) is 6.10 Å². The number of fused-ring (bicyclic) bond motifs is 1. The van der Waals surface area contributed by atoms with Gasteiger partial charge in [0, 0.05) is 20.0 Å². The molecule has 20 heavy (non-hydrogen) atoms. The fraction of sp³-hybridized carbons (Fsp3) is 0.643. The first-order chi connectivity index (χ1) is 9.63. The monoisotopic (exact) mass is 276 g/mol. The van der Waals surface area contributed by atoms with Gasteiger partial charge in [0.15, 0.2) is 17.2 Å². The minimum Gasteiger partial charge on any atom is -0.422 e. The number of hydrogen-bond donors (Lipinski definition) is 0. The van der Waals surface area contributed by atoms with Crippen LogP contribution in [0.5, 0.6) is 0 Å². The molecule has 0 saturated carbocycles. The highest BCUT2D eigenvalue weighted by Crippen LogP contribution is 2.25. The largest absolute Gasteiger partial charge is 0.422 e. The highest BCUT2D eigenvalue weighted by Gasteiger charge is 2.25. The lowest BCUT2D eigenvalue weighted by Gasteiger charge is -2.34.